The highest BCUT2D eigenvalue weighted by atomic mass is 32.1. The Morgan fingerprint density at radius 2 is 2.00 bits per heavy atom. The van der Waals surface area contributed by atoms with Crippen LogP contribution in [0.5, 0.6) is 0 Å². The summed E-state index contributed by atoms with van der Waals surface area (Å²) in [6.45, 7) is 0.406. The van der Waals surface area contributed by atoms with Crippen molar-refractivity contribution in [3.8, 4) is 0 Å². The monoisotopic (exact) mass is 282 g/mol. The molecule has 1 aromatic heterocycles. The van der Waals surface area contributed by atoms with Crippen LogP contribution in [0.4, 0.5) is 14.5 Å². The number of nitrogens with two attached hydrogens (primary N) is 1. The Balaban J connectivity index is 1.96. The third kappa shape index (κ3) is 3.29. The van der Waals surface area contributed by atoms with Crippen LogP contribution in [0.1, 0.15) is 15.9 Å². The van der Waals surface area contributed by atoms with E-state index in [-0.39, 0.29) is 5.56 Å². The van der Waals surface area contributed by atoms with E-state index < -0.39 is 23.2 Å². The second-order valence-electron chi connectivity index (χ2n) is 3.99. The molecule has 2 rings (SSSR count). The lowest BCUT2D eigenvalue weighted by Crippen LogP contribution is -2.26. The molecule has 0 spiro atoms. The lowest BCUT2D eigenvalue weighted by atomic mass is 10.1. The zero-order chi connectivity index (χ0) is 13.8. The highest BCUT2D eigenvalue weighted by molar-refractivity contribution is 7.07. The molecule has 1 heterocycles. The summed E-state index contributed by atoms with van der Waals surface area (Å²) in [5.41, 5.74) is 5.60. The van der Waals surface area contributed by atoms with Gasteiger partial charge >= 0.3 is 0 Å². The number of carbonyl (C=O) groups excluding carboxylic acids is 1. The predicted octanol–water partition coefficient (Wildman–Crippen LogP) is 2.58. The summed E-state index contributed by atoms with van der Waals surface area (Å²) in [6, 6.07) is 3.82. The summed E-state index contributed by atoms with van der Waals surface area (Å²) in [4.78, 5) is 11.7. The van der Waals surface area contributed by atoms with Gasteiger partial charge in [0.25, 0.3) is 5.91 Å². The van der Waals surface area contributed by atoms with Crippen molar-refractivity contribution >= 4 is 22.9 Å². The SMILES string of the molecule is Nc1c(F)cc(C(=O)NCCc2ccsc2)cc1F. The minimum atomic E-state index is -0.928. The Hall–Kier alpha value is -1.95. The number of hydrogen-bond donors (Lipinski definition) is 2. The Morgan fingerprint density at radius 3 is 2.58 bits per heavy atom. The lowest BCUT2D eigenvalue weighted by molar-refractivity contribution is 0.0953. The Labute approximate surface area is 113 Å². The van der Waals surface area contributed by atoms with Crippen LogP contribution in [-0.2, 0) is 6.42 Å². The van der Waals surface area contributed by atoms with Crippen LogP contribution in [0.15, 0.2) is 29.0 Å². The van der Waals surface area contributed by atoms with E-state index in [1.165, 1.54) is 0 Å². The van der Waals surface area contributed by atoms with E-state index in [0.717, 1.165) is 17.7 Å². The lowest BCUT2D eigenvalue weighted by Gasteiger charge is -2.06. The molecule has 0 saturated heterocycles. The van der Waals surface area contributed by atoms with Gasteiger partial charge in [-0.1, -0.05) is 0 Å². The third-order valence-electron chi connectivity index (χ3n) is 2.62. The molecule has 1 aromatic carbocycles. The maximum absolute atomic E-state index is 13.2. The number of thiophene rings is 1. The highest BCUT2D eigenvalue weighted by Gasteiger charge is 2.12. The van der Waals surface area contributed by atoms with Gasteiger partial charge in [-0.2, -0.15) is 11.3 Å². The van der Waals surface area contributed by atoms with Crippen LogP contribution in [0, 0.1) is 11.6 Å². The summed E-state index contributed by atoms with van der Waals surface area (Å²) in [5.74, 6) is -2.38. The van der Waals surface area contributed by atoms with Crippen LogP contribution in [-0.4, -0.2) is 12.5 Å². The van der Waals surface area contributed by atoms with E-state index in [9.17, 15) is 13.6 Å². The molecule has 3 nitrogen and oxygen atoms in total. The molecule has 100 valence electrons. The van der Waals surface area contributed by atoms with Crippen LogP contribution in [0.2, 0.25) is 0 Å². The van der Waals surface area contributed by atoms with Crippen molar-refractivity contribution in [3.63, 3.8) is 0 Å². The van der Waals surface area contributed by atoms with Gasteiger partial charge in [-0.05, 0) is 40.9 Å². The fourth-order valence-electron chi connectivity index (χ4n) is 1.57. The van der Waals surface area contributed by atoms with Crippen molar-refractivity contribution in [1.29, 1.82) is 0 Å². The molecular formula is C13H12F2N2OS. The molecule has 3 N–H and O–H groups in total. The average molecular weight is 282 g/mol. The number of hydrogen-bond acceptors (Lipinski definition) is 3. The van der Waals surface area contributed by atoms with Crippen molar-refractivity contribution in [3.05, 3.63) is 51.7 Å². The van der Waals surface area contributed by atoms with Crippen molar-refractivity contribution in [2.75, 3.05) is 12.3 Å². The molecule has 0 fully saturated rings. The molecule has 0 aliphatic rings. The van der Waals surface area contributed by atoms with Gasteiger partial charge in [-0.15, -0.1) is 0 Å². The smallest absolute Gasteiger partial charge is 0.251 e. The quantitative estimate of drug-likeness (QED) is 0.847. The van der Waals surface area contributed by atoms with Crippen molar-refractivity contribution in [1.82, 2.24) is 5.32 Å². The molecule has 2 aromatic rings. The molecule has 19 heavy (non-hydrogen) atoms. The zero-order valence-electron chi connectivity index (χ0n) is 9.95. The molecule has 0 bridgehead atoms. The maximum atomic E-state index is 13.2. The van der Waals surface area contributed by atoms with E-state index in [4.69, 9.17) is 5.73 Å². The molecule has 0 saturated carbocycles. The number of rotatable bonds is 4. The first-order valence-electron chi connectivity index (χ1n) is 5.61. The first-order valence-corrected chi connectivity index (χ1v) is 6.56. The molecule has 0 aliphatic carbocycles. The fraction of sp³-hybridized carbons (Fsp3) is 0.154. The number of amides is 1. The van der Waals surface area contributed by atoms with Crippen molar-refractivity contribution in [2.45, 2.75) is 6.42 Å². The summed E-state index contributed by atoms with van der Waals surface area (Å²) >= 11 is 1.57. The van der Waals surface area contributed by atoms with E-state index >= 15 is 0 Å². The molecule has 0 atom stereocenters. The Morgan fingerprint density at radius 1 is 1.32 bits per heavy atom. The second kappa shape index (κ2) is 5.79. The van der Waals surface area contributed by atoms with Gasteiger partial charge in [-0.25, -0.2) is 8.78 Å². The summed E-state index contributed by atoms with van der Waals surface area (Å²) in [5, 5.41) is 6.53. The largest absolute Gasteiger partial charge is 0.394 e. The second-order valence-corrected chi connectivity index (χ2v) is 4.77. The van der Waals surface area contributed by atoms with Gasteiger partial charge in [0.2, 0.25) is 0 Å². The van der Waals surface area contributed by atoms with Crippen LogP contribution in [0.25, 0.3) is 0 Å². The van der Waals surface area contributed by atoms with Crippen LogP contribution >= 0.6 is 11.3 Å². The van der Waals surface area contributed by atoms with Crippen molar-refractivity contribution in [2.24, 2.45) is 0 Å². The molecule has 1 amide bonds. The number of carbonyl (C=O) groups is 1. The number of anilines is 1. The average Bonchev–Trinajstić information content (AvgIpc) is 2.88. The number of nitrogens with one attached hydrogen (secondary N) is 1. The molecule has 0 radical (unpaired) electrons. The molecule has 0 unspecified atom stereocenters. The minimum Gasteiger partial charge on any atom is -0.394 e. The molecular weight excluding hydrogens is 270 g/mol. The van der Waals surface area contributed by atoms with Gasteiger partial charge < -0.3 is 11.1 Å². The number of benzene rings is 1. The van der Waals surface area contributed by atoms with Gasteiger partial charge in [0.1, 0.15) is 17.3 Å². The van der Waals surface area contributed by atoms with Gasteiger partial charge in [0.15, 0.2) is 0 Å². The Bertz CT molecular complexity index is 561. The summed E-state index contributed by atoms with van der Waals surface area (Å²) in [6.07, 6.45) is 0.676. The van der Waals surface area contributed by atoms with Crippen molar-refractivity contribution < 1.29 is 13.6 Å². The number of nitrogen functional groups attached to an aromatic ring is 1. The molecule has 6 heteroatoms. The van der Waals surface area contributed by atoms with Crippen LogP contribution in [0.3, 0.4) is 0 Å². The first kappa shape index (κ1) is 13.5. The van der Waals surface area contributed by atoms with Crippen LogP contribution < -0.4 is 11.1 Å². The maximum Gasteiger partial charge on any atom is 0.251 e. The standard InChI is InChI=1S/C13H12F2N2OS/c14-10-5-9(6-11(15)12(10)16)13(18)17-3-1-8-2-4-19-7-8/h2,4-7H,1,3,16H2,(H,17,18). The first-order chi connectivity index (χ1) is 9.08. The fourth-order valence-corrected chi connectivity index (χ4v) is 2.28. The summed E-state index contributed by atoms with van der Waals surface area (Å²) in [7, 11) is 0. The van der Waals surface area contributed by atoms with E-state index in [2.05, 4.69) is 5.32 Å². The zero-order valence-corrected chi connectivity index (χ0v) is 10.8. The molecule has 0 aliphatic heterocycles. The van der Waals surface area contributed by atoms with Gasteiger partial charge in [-0.3, -0.25) is 4.79 Å². The van der Waals surface area contributed by atoms with Gasteiger partial charge in [0.05, 0.1) is 0 Å². The topological polar surface area (TPSA) is 55.1 Å². The number of halogens is 2. The minimum absolute atomic E-state index is 0.0745. The normalized spacial score (nSPS) is 10.4. The van der Waals surface area contributed by atoms with Gasteiger partial charge in [0, 0.05) is 12.1 Å². The third-order valence-corrected chi connectivity index (χ3v) is 3.35. The predicted molar refractivity (Wildman–Crippen MR) is 71.1 cm³/mol. The van der Waals surface area contributed by atoms with E-state index in [0.29, 0.717) is 13.0 Å². The van der Waals surface area contributed by atoms with E-state index in [1.54, 1.807) is 11.3 Å². The summed E-state index contributed by atoms with van der Waals surface area (Å²) < 4.78 is 26.4. The highest BCUT2D eigenvalue weighted by Crippen LogP contribution is 2.17. The van der Waals surface area contributed by atoms with E-state index in [1.807, 2.05) is 16.8 Å². The Kier molecular flexibility index (Phi) is 4.11.